The van der Waals surface area contributed by atoms with Crippen LogP contribution in [0.25, 0.3) is 0 Å². The van der Waals surface area contributed by atoms with Gasteiger partial charge in [0.25, 0.3) is 0 Å². The van der Waals surface area contributed by atoms with Crippen molar-refractivity contribution in [3.05, 3.63) is 29.8 Å². The van der Waals surface area contributed by atoms with E-state index in [1.807, 2.05) is 18.2 Å². The average Bonchev–Trinajstić information content (AvgIpc) is 2.40. The van der Waals surface area contributed by atoms with Crippen molar-refractivity contribution >= 4 is 0 Å². The van der Waals surface area contributed by atoms with E-state index in [0.29, 0.717) is 0 Å². The molecular formula is C15H23NO2. The van der Waals surface area contributed by atoms with Crippen LogP contribution in [0.2, 0.25) is 0 Å². The monoisotopic (exact) mass is 249 g/mol. The van der Waals surface area contributed by atoms with Crippen LogP contribution in [0, 0.1) is 0 Å². The van der Waals surface area contributed by atoms with Crippen LogP contribution >= 0.6 is 0 Å². The summed E-state index contributed by atoms with van der Waals surface area (Å²) in [6.07, 6.45) is 4.25. The van der Waals surface area contributed by atoms with Gasteiger partial charge in [0.05, 0.1) is 12.7 Å². The van der Waals surface area contributed by atoms with Crippen LogP contribution in [0.4, 0.5) is 0 Å². The Kier molecular flexibility index (Phi) is 4.25. The van der Waals surface area contributed by atoms with Crippen molar-refractivity contribution in [2.45, 2.75) is 44.2 Å². The molecular weight excluding hydrogens is 226 g/mol. The molecule has 1 fully saturated rings. The maximum Gasteiger partial charge on any atom is 0.119 e. The largest absolute Gasteiger partial charge is 0.497 e. The maximum absolute atomic E-state index is 6.34. The lowest BCUT2D eigenvalue weighted by Crippen LogP contribution is -2.50. The summed E-state index contributed by atoms with van der Waals surface area (Å²) in [4.78, 5) is 0. The molecule has 1 aliphatic rings. The number of benzene rings is 1. The van der Waals surface area contributed by atoms with Crippen LogP contribution in [0.5, 0.6) is 5.75 Å². The van der Waals surface area contributed by atoms with E-state index in [1.54, 1.807) is 7.11 Å². The minimum Gasteiger partial charge on any atom is -0.497 e. The highest BCUT2D eigenvalue weighted by atomic mass is 16.5. The predicted molar refractivity (Wildman–Crippen MR) is 72.9 cm³/mol. The SMILES string of the molecule is COc1cccc(CC(N)C2(C)CCCCO2)c1. The van der Waals surface area contributed by atoms with E-state index in [-0.39, 0.29) is 11.6 Å². The van der Waals surface area contributed by atoms with Crippen LogP contribution < -0.4 is 10.5 Å². The summed E-state index contributed by atoms with van der Waals surface area (Å²) in [7, 11) is 1.69. The normalized spacial score (nSPS) is 25.7. The fourth-order valence-corrected chi connectivity index (χ4v) is 2.52. The Hall–Kier alpha value is -1.06. The topological polar surface area (TPSA) is 44.5 Å². The minimum atomic E-state index is -0.179. The van der Waals surface area contributed by atoms with Gasteiger partial charge in [-0.25, -0.2) is 0 Å². The van der Waals surface area contributed by atoms with Crippen molar-refractivity contribution < 1.29 is 9.47 Å². The Morgan fingerprint density at radius 1 is 1.44 bits per heavy atom. The van der Waals surface area contributed by atoms with Gasteiger partial charge in [0.1, 0.15) is 5.75 Å². The van der Waals surface area contributed by atoms with Crippen LogP contribution in [0.3, 0.4) is 0 Å². The van der Waals surface area contributed by atoms with Crippen LogP contribution in [-0.2, 0) is 11.2 Å². The van der Waals surface area contributed by atoms with Crippen LogP contribution in [0.15, 0.2) is 24.3 Å². The van der Waals surface area contributed by atoms with Crippen LogP contribution in [0.1, 0.15) is 31.7 Å². The first-order valence-corrected chi connectivity index (χ1v) is 6.66. The van der Waals surface area contributed by atoms with Gasteiger partial charge < -0.3 is 15.2 Å². The van der Waals surface area contributed by atoms with Gasteiger partial charge >= 0.3 is 0 Å². The third kappa shape index (κ3) is 3.03. The molecule has 0 radical (unpaired) electrons. The first kappa shape index (κ1) is 13.4. The van der Waals surface area contributed by atoms with E-state index >= 15 is 0 Å². The van der Waals surface area contributed by atoms with E-state index < -0.39 is 0 Å². The minimum absolute atomic E-state index is 0.0323. The molecule has 100 valence electrons. The lowest BCUT2D eigenvalue weighted by molar-refractivity contribution is -0.0808. The van der Waals surface area contributed by atoms with Gasteiger partial charge in [0.2, 0.25) is 0 Å². The molecule has 0 bridgehead atoms. The zero-order valence-electron chi connectivity index (χ0n) is 11.3. The molecule has 0 saturated carbocycles. The van der Waals surface area contributed by atoms with Crippen molar-refractivity contribution in [1.29, 1.82) is 0 Å². The quantitative estimate of drug-likeness (QED) is 0.891. The number of rotatable bonds is 4. The summed E-state index contributed by atoms with van der Waals surface area (Å²) < 4.78 is 11.1. The second kappa shape index (κ2) is 5.72. The lowest BCUT2D eigenvalue weighted by atomic mass is 9.85. The number of methoxy groups -OCH3 is 1. The third-order valence-corrected chi connectivity index (χ3v) is 3.87. The molecule has 2 N–H and O–H groups in total. The first-order valence-electron chi connectivity index (χ1n) is 6.66. The first-order chi connectivity index (χ1) is 8.64. The molecule has 1 saturated heterocycles. The second-order valence-corrected chi connectivity index (χ2v) is 5.28. The summed E-state index contributed by atoms with van der Waals surface area (Å²) in [6, 6.07) is 8.13. The van der Waals surface area contributed by atoms with E-state index in [1.165, 1.54) is 12.0 Å². The summed E-state index contributed by atoms with van der Waals surface area (Å²) in [5.41, 5.74) is 7.37. The summed E-state index contributed by atoms with van der Waals surface area (Å²) >= 11 is 0. The zero-order valence-corrected chi connectivity index (χ0v) is 11.3. The number of ether oxygens (including phenoxy) is 2. The molecule has 3 heteroatoms. The van der Waals surface area contributed by atoms with E-state index in [2.05, 4.69) is 13.0 Å². The van der Waals surface area contributed by atoms with Crippen molar-refractivity contribution in [1.82, 2.24) is 0 Å². The molecule has 2 unspecified atom stereocenters. The Bertz CT molecular complexity index is 386. The molecule has 1 aromatic rings. The molecule has 0 spiro atoms. The fourth-order valence-electron chi connectivity index (χ4n) is 2.52. The van der Waals surface area contributed by atoms with Gasteiger partial charge in [-0.2, -0.15) is 0 Å². The Labute approximate surface area is 109 Å². The van der Waals surface area contributed by atoms with E-state index in [4.69, 9.17) is 15.2 Å². The highest BCUT2D eigenvalue weighted by Crippen LogP contribution is 2.28. The predicted octanol–water partition coefficient (Wildman–Crippen LogP) is 2.52. The molecule has 1 aliphatic heterocycles. The van der Waals surface area contributed by atoms with Crippen molar-refractivity contribution in [2.75, 3.05) is 13.7 Å². The van der Waals surface area contributed by atoms with Gasteiger partial charge in [-0.15, -0.1) is 0 Å². The van der Waals surface area contributed by atoms with Gasteiger partial charge in [-0.1, -0.05) is 12.1 Å². The Morgan fingerprint density at radius 3 is 2.94 bits per heavy atom. The number of hydrogen-bond acceptors (Lipinski definition) is 3. The number of nitrogens with two attached hydrogens (primary N) is 1. The number of hydrogen-bond donors (Lipinski definition) is 1. The molecule has 3 nitrogen and oxygen atoms in total. The molecule has 2 atom stereocenters. The van der Waals surface area contributed by atoms with Gasteiger partial charge in [-0.3, -0.25) is 0 Å². The molecule has 2 rings (SSSR count). The van der Waals surface area contributed by atoms with Gasteiger partial charge in [-0.05, 0) is 50.3 Å². The standard InChI is InChI=1S/C15H23NO2/c1-15(8-3-4-9-18-15)14(16)11-12-6-5-7-13(10-12)17-2/h5-7,10,14H,3-4,8-9,11,16H2,1-2H3. The van der Waals surface area contributed by atoms with E-state index in [9.17, 15) is 0 Å². The van der Waals surface area contributed by atoms with Gasteiger partial charge in [0.15, 0.2) is 0 Å². The van der Waals surface area contributed by atoms with Crippen molar-refractivity contribution in [3.8, 4) is 5.75 Å². The fraction of sp³-hybridized carbons (Fsp3) is 0.600. The van der Waals surface area contributed by atoms with Crippen molar-refractivity contribution in [3.63, 3.8) is 0 Å². The summed E-state index contributed by atoms with van der Waals surface area (Å²) in [5.74, 6) is 0.884. The molecule has 18 heavy (non-hydrogen) atoms. The van der Waals surface area contributed by atoms with Crippen LogP contribution in [-0.4, -0.2) is 25.4 Å². The van der Waals surface area contributed by atoms with Crippen molar-refractivity contribution in [2.24, 2.45) is 5.73 Å². The highest BCUT2D eigenvalue weighted by molar-refractivity contribution is 5.29. The second-order valence-electron chi connectivity index (χ2n) is 5.28. The van der Waals surface area contributed by atoms with Gasteiger partial charge in [0, 0.05) is 12.6 Å². The molecule has 0 aliphatic carbocycles. The van der Waals surface area contributed by atoms with E-state index in [0.717, 1.165) is 31.6 Å². The molecule has 0 aromatic heterocycles. The lowest BCUT2D eigenvalue weighted by Gasteiger charge is -2.39. The smallest absolute Gasteiger partial charge is 0.119 e. The average molecular weight is 249 g/mol. The molecule has 1 heterocycles. The highest BCUT2D eigenvalue weighted by Gasteiger charge is 2.34. The summed E-state index contributed by atoms with van der Waals surface area (Å²) in [5, 5.41) is 0. The molecule has 0 amide bonds. The Balaban J connectivity index is 2.03. The maximum atomic E-state index is 6.34. The zero-order chi connectivity index (χ0) is 13.0. The Morgan fingerprint density at radius 2 is 2.28 bits per heavy atom. The molecule has 1 aromatic carbocycles. The summed E-state index contributed by atoms with van der Waals surface area (Å²) in [6.45, 7) is 2.97. The third-order valence-electron chi connectivity index (χ3n) is 3.87.